The minimum Gasteiger partial charge on any atom is -0.379 e. The summed E-state index contributed by atoms with van der Waals surface area (Å²) in [4.78, 5) is 15.1. The number of ether oxygens (including phenoxy) is 1. The highest BCUT2D eigenvalue weighted by molar-refractivity contribution is 6.01. The lowest BCUT2D eigenvalue weighted by Crippen LogP contribution is -2.56. The number of hydrogen-bond acceptors (Lipinski definition) is 4. The van der Waals surface area contributed by atoms with Crippen molar-refractivity contribution in [1.29, 1.82) is 0 Å². The van der Waals surface area contributed by atoms with E-state index in [9.17, 15) is 4.79 Å². The zero-order valence-electron chi connectivity index (χ0n) is 12.1. The van der Waals surface area contributed by atoms with Gasteiger partial charge < -0.3 is 4.74 Å². The van der Waals surface area contributed by atoms with Crippen molar-refractivity contribution in [3.05, 3.63) is 18.0 Å². The molecule has 1 fully saturated rings. The third-order valence-electron chi connectivity index (χ3n) is 4.14. The number of Topliss-reactive ketones (excluding diaryl/α,β-unsaturated/α-hetero) is 1. The van der Waals surface area contributed by atoms with Crippen molar-refractivity contribution in [2.75, 3.05) is 26.3 Å². The molecular weight excluding hydrogens is 242 g/mol. The zero-order chi connectivity index (χ0) is 13.9. The van der Waals surface area contributed by atoms with Gasteiger partial charge in [-0.2, -0.15) is 5.10 Å². The number of rotatable bonds is 5. The molecule has 1 aliphatic heterocycles. The van der Waals surface area contributed by atoms with E-state index in [-0.39, 0.29) is 5.78 Å². The quantitative estimate of drug-likeness (QED) is 0.759. The van der Waals surface area contributed by atoms with Crippen LogP contribution < -0.4 is 0 Å². The first kappa shape index (κ1) is 14.2. The molecular formula is C14H23N3O2. The van der Waals surface area contributed by atoms with Gasteiger partial charge in [-0.25, -0.2) is 0 Å². The van der Waals surface area contributed by atoms with Gasteiger partial charge in [0.25, 0.3) is 0 Å². The summed E-state index contributed by atoms with van der Waals surface area (Å²) in [6, 6.07) is 1.82. The van der Waals surface area contributed by atoms with Crippen molar-refractivity contribution < 1.29 is 9.53 Å². The summed E-state index contributed by atoms with van der Waals surface area (Å²) in [6.45, 7) is 9.87. The monoisotopic (exact) mass is 265 g/mol. The fourth-order valence-electron chi connectivity index (χ4n) is 2.64. The fourth-order valence-corrected chi connectivity index (χ4v) is 2.64. The van der Waals surface area contributed by atoms with E-state index in [0.717, 1.165) is 26.1 Å². The Kier molecular flexibility index (Phi) is 4.37. The van der Waals surface area contributed by atoms with Crippen LogP contribution in [0.25, 0.3) is 0 Å². The van der Waals surface area contributed by atoms with Crippen molar-refractivity contribution in [3.63, 3.8) is 0 Å². The Labute approximate surface area is 114 Å². The van der Waals surface area contributed by atoms with Gasteiger partial charge in [0.1, 0.15) is 5.69 Å². The molecule has 0 aliphatic carbocycles. The van der Waals surface area contributed by atoms with Gasteiger partial charge in [0, 0.05) is 25.8 Å². The molecule has 0 saturated carbocycles. The lowest BCUT2D eigenvalue weighted by atomic mass is 9.88. The van der Waals surface area contributed by atoms with Gasteiger partial charge in [0.15, 0.2) is 0 Å². The van der Waals surface area contributed by atoms with Crippen LogP contribution in [0.5, 0.6) is 0 Å². The van der Waals surface area contributed by atoms with Crippen LogP contribution in [-0.2, 0) is 11.3 Å². The zero-order valence-corrected chi connectivity index (χ0v) is 12.1. The second-order valence-electron chi connectivity index (χ2n) is 5.09. The summed E-state index contributed by atoms with van der Waals surface area (Å²) in [5.74, 6) is 0.163. The van der Waals surface area contributed by atoms with E-state index in [1.807, 2.05) is 19.9 Å². The van der Waals surface area contributed by atoms with Crippen LogP contribution in [0, 0.1) is 0 Å². The predicted molar refractivity (Wildman–Crippen MR) is 73.3 cm³/mol. The van der Waals surface area contributed by atoms with E-state index in [1.54, 1.807) is 10.9 Å². The third kappa shape index (κ3) is 2.58. The van der Waals surface area contributed by atoms with Crippen LogP contribution in [0.4, 0.5) is 0 Å². The van der Waals surface area contributed by atoms with E-state index in [2.05, 4.69) is 16.9 Å². The molecule has 0 radical (unpaired) electrons. The highest BCUT2D eigenvalue weighted by Crippen LogP contribution is 2.25. The summed E-state index contributed by atoms with van der Waals surface area (Å²) in [5, 5.41) is 4.20. The van der Waals surface area contributed by atoms with Crippen molar-refractivity contribution in [1.82, 2.24) is 14.7 Å². The fraction of sp³-hybridized carbons (Fsp3) is 0.714. The van der Waals surface area contributed by atoms with E-state index in [0.29, 0.717) is 18.9 Å². The summed E-state index contributed by atoms with van der Waals surface area (Å²) in [6.07, 6.45) is 2.49. The molecule has 1 aromatic rings. The number of aryl methyl sites for hydroxylation is 1. The average molecular weight is 265 g/mol. The van der Waals surface area contributed by atoms with Crippen LogP contribution in [0.3, 0.4) is 0 Å². The number of morpholine rings is 1. The Morgan fingerprint density at radius 1 is 1.42 bits per heavy atom. The van der Waals surface area contributed by atoms with Gasteiger partial charge >= 0.3 is 0 Å². The number of nitrogens with zero attached hydrogens (tertiary/aromatic N) is 3. The number of aromatic nitrogens is 2. The van der Waals surface area contributed by atoms with Crippen LogP contribution in [-0.4, -0.2) is 52.3 Å². The van der Waals surface area contributed by atoms with Crippen LogP contribution in [0.15, 0.2) is 12.3 Å². The minimum atomic E-state index is -0.462. The standard InChI is InChI=1S/C14H23N3O2/c1-4-14(3,16-8-10-19-11-9-16)13(18)12-6-7-15-17(12)5-2/h6-7H,4-5,8-11H2,1-3H3. The van der Waals surface area contributed by atoms with Gasteiger partial charge in [-0.15, -0.1) is 0 Å². The van der Waals surface area contributed by atoms with Gasteiger partial charge in [-0.3, -0.25) is 14.4 Å². The molecule has 19 heavy (non-hydrogen) atoms. The lowest BCUT2D eigenvalue weighted by molar-refractivity contribution is -0.0110. The maximum atomic E-state index is 12.9. The molecule has 1 aliphatic rings. The number of ketones is 1. The second-order valence-corrected chi connectivity index (χ2v) is 5.09. The first-order valence-corrected chi connectivity index (χ1v) is 7.03. The molecule has 5 heteroatoms. The molecule has 106 valence electrons. The average Bonchev–Trinajstić information content (AvgIpc) is 2.94. The highest BCUT2D eigenvalue weighted by atomic mass is 16.5. The van der Waals surface area contributed by atoms with E-state index >= 15 is 0 Å². The molecule has 1 atom stereocenters. The Morgan fingerprint density at radius 3 is 2.68 bits per heavy atom. The first-order chi connectivity index (χ1) is 9.13. The van der Waals surface area contributed by atoms with E-state index < -0.39 is 5.54 Å². The molecule has 0 N–H and O–H groups in total. The van der Waals surface area contributed by atoms with Crippen molar-refractivity contribution >= 4 is 5.78 Å². The molecule has 5 nitrogen and oxygen atoms in total. The predicted octanol–water partition coefficient (Wildman–Crippen LogP) is 1.59. The largest absolute Gasteiger partial charge is 0.379 e. The maximum absolute atomic E-state index is 12.9. The van der Waals surface area contributed by atoms with Crippen LogP contribution in [0.2, 0.25) is 0 Å². The number of carbonyl (C=O) groups excluding carboxylic acids is 1. The number of carbonyl (C=O) groups is 1. The molecule has 2 heterocycles. The highest BCUT2D eigenvalue weighted by Gasteiger charge is 2.40. The second kappa shape index (κ2) is 5.84. The van der Waals surface area contributed by atoms with E-state index in [1.165, 1.54) is 0 Å². The van der Waals surface area contributed by atoms with Crippen molar-refractivity contribution in [2.24, 2.45) is 0 Å². The lowest BCUT2D eigenvalue weighted by Gasteiger charge is -2.41. The number of hydrogen-bond donors (Lipinski definition) is 0. The molecule has 2 rings (SSSR count). The molecule has 1 aromatic heterocycles. The Balaban J connectivity index is 2.27. The van der Waals surface area contributed by atoms with Crippen LogP contribution in [0.1, 0.15) is 37.7 Å². The molecule has 0 bridgehead atoms. The van der Waals surface area contributed by atoms with Crippen molar-refractivity contribution in [3.8, 4) is 0 Å². The molecule has 0 amide bonds. The first-order valence-electron chi connectivity index (χ1n) is 7.03. The van der Waals surface area contributed by atoms with Gasteiger partial charge in [0.05, 0.1) is 18.8 Å². The minimum absolute atomic E-state index is 0.163. The van der Waals surface area contributed by atoms with Gasteiger partial charge in [-0.05, 0) is 26.3 Å². The van der Waals surface area contributed by atoms with Gasteiger partial charge in [0.2, 0.25) is 5.78 Å². The smallest absolute Gasteiger partial charge is 0.200 e. The molecule has 0 spiro atoms. The Morgan fingerprint density at radius 2 is 2.11 bits per heavy atom. The molecule has 1 saturated heterocycles. The summed E-state index contributed by atoms with van der Waals surface area (Å²) in [7, 11) is 0. The Bertz CT molecular complexity index is 438. The Hall–Kier alpha value is -1.20. The van der Waals surface area contributed by atoms with E-state index in [4.69, 9.17) is 4.74 Å². The SMILES string of the molecule is CCn1nccc1C(=O)C(C)(CC)N1CCOCC1. The molecule has 1 unspecified atom stereocenters. The molecule has 0 aromatic carbocycles. The van der Waals surface area contributed by atoms with Crippen molar-refractivity contribution in [2.45, 2.75) is 39.3 Å². The van der Waals surface area contributed by atoms with Gasteiger partial charge in [-0.1, -0.05) is 6.92 Å². The maximum Gasteiger partial charge on any atom is 0.200 e. The summed E-state index contributed by atoms with van der Waals surface area (Å²) < 4.78 is 7.16. The van der Waals surface area contributed by atoms with Crippen LogP contribution >= 0.6 is 0 Å². The normalized spacial score (nSPS) is 20.2. The summed E-state index contributed by atoms with van der Waals surface area (Å²) >= 11 is 0. The third-order valence-corrected chi connectivity index (χ3v) is 4.14. The summed E-state index contributed by atoms with van der Waals surface area (Å²) in [5.41, 5.74) is 0.245. The topological polar surface area (TPSA) is 47.4 Å².